The van der Waals surface area contributed by atoms with Crippen LogP contribution in [0.2, 0.25) is 0 Å². The van der Waals surface area contributed by atoms with Gasteiger partial charge in [0.05, 0.1) is 31.9 Å². The van der Waals surface area contributed by atoms with E-state index < -0.39 is 15.9 Å². The minimum Gasteiger partial charge on any atom is -0.496 e. The highest BCUT2D eigenvalue weighted by Gasteiger charge is 2.36. The number of nitrogens with one attached hydrogen (secondary N) is 1. The fraction of sp³-hybridized carbons (Fsp3) is 0.316. The molecule has 3 rings (SSSR count). The number of sulfonamides is 1. The van der Waals surface area contributed by atoms with E-state index in [2.05, 4.69) is 5.32 Å². The maximum Gasteiger partial charge on any atom is 0.263 e. The summed E-state index contributed by atoms with van der Waals surface area (Å²) in [5.41, 5.74) is 1.10. The molecule has 0 unspecified atom stereocenters. The van der Waals surface area contributed by atoms with Crippen molar-refractivity contribution >= 4 is 27.3 Å². The van der Waals surface area contributed by atoms with Gasteiger partial charge < -0.3 is 14.8 Å². The van der Waals surface area contributed by atoms with E-state index in [1.807, 2.05) is 0 Å². The minimum absolute atomic E-state index is 0.0705. The molecule has 144 valence electrons. The molecule has 7 nitrogen and oxygen atoms in total. The molecular formula is C19H22N2O5S. The molecule has 0 bridgehead atoms. The standard InChI is InChI=1S/C19H22N2O5S/c1-25-16-9-6-10-17(26-2)18(16)19(22)20-14-7-4-5-8-15(14)21(13-11-12-13)27(3,23)24/h4-10,13H,11-12H2,1-3H3,(H,20,22). The second-order valence-corrected chi connectivity index (χ2v) is 8.16. The molecule has 27 heavy (non-hydrogen) atoms. The molecule has 8 heteroatoms. The number of methoxy groups -OCH3 is 2. The third kappa shape index (κ3) is 4.00. The fourth-order valence-corrected chi connectivity index (χ4v) is 4.26. The molecule has 1 aliphatic carbocycles. The highest BCUT2D eigenvalue weighted by Crippen LogP contribution is 2.38. The Hall–Kier alpha value is -2.74. The van der Waals surface area contributed by atoms with E-state index in [9.17, 15) is 13.2 Å². The quantitative estimate of drug-likeness (QED) is 0.786. The molecule has 1 amide bonds. The van der Waals surface area contributed by atoms with Crippen molar-refractivity contribution in [1.29, 1.82) is 0 Å². The van der Waals surface area contributed by atoms with E-state index in [4.69, 9.17) is 9.47 Å². The van der Waals surface area contributed by atoms with Crippen molar-refractivity contribution in [2.45, 2.75) is 18.9 Å². The van der Waals surface area contributed by atoms with Gasteiger partial charge in [0.1, 0.15) is 17.1 Å². The molecule has 0 heterocycles. The van der Waals surface area contributed by atoms with E-state index in [1.165, 1.54) is 24.8 Å². The number of rotatable bonds is 7. The first-order valence-corrected chi connectivity index (χ1v) is 10.3. The summed E-state index contributed by atoms with van der Waals surface area (Å²) < 4.78 is 36.5. The topological polar surface area (TPSA) is 84.9 Å². The second kappa shape index (κ2) is 7.48. The summed E-state index contributed by atoms with van der Waals surface area (Å²) in [4.78, 5) is 12.9. The first-order valence-electron chi connectivity index (χ1n) is 8.47. The number of benzene rings is 2. The fourth-order valence-electron chi connectivity index (χ4n) is 2.99. The highest BCUT2D eigenvalue weighted by atomic mass is 32.2. The molecule has 1 fully saturated rings. The van der Waals surface area contributed by atoms with Crippen molar-refractivity contribution in [3.05, 3.63) is 48.0 Å². The van der Waals surface area contributed by atoms with Crippen LogP contribution in [0.3, 0.4) is 0 Å². The summed E-state index contributed by atoms with van der Waals surface area (Å²) >= 11 is 0. The number of anilines is 2. The van der Waals surface area contributed by atoms with E-state index in [0.717, 1.165) is 12.8 Å². The van der Waals surface area contributed by atoms with Crippen LogP contribution in [-0.4, -0.2) is 40.8 Å². The van der Waals surface area contributed by atoms with Crippen molar-refractivity contribution in [3.8, 4) is 11.5 Å². The van der Waals surface area contributed by atoms with E-state index in [0.29, 0.717) is 22.9 Å². The third-order valence-electron chi connectivity index (χ3n) is 4.28. The molecule has 0 aliphatic heterocycles. The Balaban J connectivity index is 2.00. The molecular weight excluding hydrogens is 368 g/mol. The van der Waals surface area contributed by atoms with Gasteiger partial charge in [-0.3, -0.25) is 9.10 Å². The molecule has 1 saturated carbocycles. The van der Waals surface area contributed by atoms with Crippen molar-refractivity contribution in [3.63, 3.8) is 0 Å². The number of nitrogens with zero attached hydrogens (tertiary/aromatic N) is 1. The van der Waals surface area contributed by atoms with E-state index in [1.54, 1.807) is 42.5 Å². The Kier molecular flexibility index (Phi) is 5.27. The molecule has 0 aromatic heterocycles. The number of carbonyl (C=O) groups excluding carboxylic acids is 1. The maximum atomic E-state index is 12.9. The second-order valence-electron chi connectivity index (χ2n) is 6.30. The first-order chi connectivity index (χ1) is 12.9. The number of hydrogen-bond acceptors (Lipinski definition) is 5. The van der Waals surface area contributed by atoms with Crippen LogP contribution in [0.5, 0.6) is 11.5 Å². The molecule has 0 spiro atoms. The van der Waals surface area contributed by atoms with Crippen LogP contribution in [0.1, 0.15) is 23.2 Å². The molecule has 0 radical (unpaired) electrons. The van der Waals surface area contributed by atoms with E-state index in [-0.39, 0.29) is 11.6 Å². The summed E-state index contributed by atoms with van der Waals surface area (Å²) in [6.45, 7) is 0. The normalized spacial score (nSPS) is 13.7. The molecule has 1 aliphatic rings. The zero-order valence-electron chi connectivity index (χ0n) is 15.4. The SMILES string of the molecule is COc1cccc(OC)c1C(=O)Nc1ccccc1N(C1CC1)S(C)(=O)=O. The van der Waals surface area contributed by atoms with Gasteiger partial charge >= 0.3 is 0 Å². The number of hydrogen-bond donors (Lipinski definition) is 1. The Morgan fingerprint density at radius 1 is 1.04 bits per heavy atom. The van der Waals surface area contributed by atoms with Crippen molar-refractivity contribution in [2.75, 3.05) is 30.1 Å². The molecule has 2 aromatic rings. The average Bonchev–Trinajstić information content (AvgIpc) is 3.46. The zero-order chi connectivity index (χ0) is 19.6. The van der Waals surface area contributed by atoms with Gasteiger partial charge in [0.2, 0.25) is 10.0 Å². The smallest absolute Gasteiger partial charge is 0.263 e. The number of para-hydroxylation sites is 2. The lowest BCUT2D eigenvalue weighted by atomic mass is 10.1. The van der Waals surface area contributed by atoms with Crippen molar-refractivity contribution in [1.82, 2.24) is 0 Å². The lowest BCUT2D eigenvalue weighted by molar-refractivity contribution is 0.102. The summed E-state index contributed by atoms with van der Waals surface area (Å²) in [5.74, 6) is 0.291. The van der Waals surface area contributed by atoms with E-state index >= 15 is 0 Å². The molecule has 1 N–H and O–H groups in total. The van der Waals surface area contributed by atoms with Gasteiger partial charge in [-0.1, -0.05) is 18.2 Å². The van der Waals surface area contributed by atoms with Crippen LogP contribution in [0.15, 0.2) is 42.5 Å². The maximum absolute atomic E-state index is 12.9. The predicted molar refractivity (Wildman–Crippen MR) is 104 cm³/mol. The lowest BCUT2D eigenvalue weighted by Crippen LogP contribution is -2.33. The van der Waals surface area contributed by atoms with Crippen LogP contribution >= 0.6 is 0 Å². The minimum atomic E-state index is -3.47. The summed E-state index contributed by atoms with van der Waals surface area (Å²) in [7, 11) is -0.530. The van der Waals surface area contributed by atoms with Crippen LogP contribution < -0.4 is 19.1 Å². The zero-order valence-corrected chi connectivity index (χ0v) is 16.2. The first kappa shape index (κ1) is 19.0. The predicted octanol–water partition coefficient (Wildman–Crippen LogP) is 2.88. The summed E-state index contributed by atoms with van der Waals surface area (Å²) in [5, 5.41) is 2.81. The van der Waals surface area contributed by atoms with Gasteiger partial charge in [0.25, 0.3) is 5.91 Å². The Labute approximate surface area is 158 Å². The number of carbonyl (C=O) groups is 1. The third-order valence-corrected chi connectivity index (χ3v) is 5.49. The Bertz CT molecular complexity index is 932. The lowest BCUT2D eigenvalue weighted by Gasteiger charge is -2.25. The number of amides is 1. The van der Waals surface area contributed by atoms with Crippen LogP contribution in [0.4, 0.5) is 11.4 Å². The average molecular weight is 390 g/mol. The van der Waals surface area contributed by atoms with Crippen molar-refractivity contribution < 1.29 is 22.7 Å². The summed E-state index contributed by atoms with van der Waals surface area (Å²) in [6.07, 6.45) is 2.78. The molecule has 0 atom stereocenters. The molecule has 2 aromatic carbocycles. The Morgan fingerprint density at radius 2 is 1.63 bits per heavy atom. The van der Waals surface area contributed by atoms with Gasteiger partial charge in [-0.25, -0.2) is 8.42 Å². The van der Waals surface area contributed by atoms with Gasteiger partial charge in [0.15, 0.2) is 0 Å². The largest absolute Gasteiger partial charge is 0.496 e. The van der Waals surface area contributed by atoms with Gasteiger partial charge in [0, 0.05) is 6.04 Å². The van der Waals surface area contributed by atoms with Crippen molar-refractivity contribution in [2.24, 2.45) is 0 Å². The summed E-state index contributed by atoms with van der Waals surface area (Å²) in [6, 6.07) is 11.8. The number of ether oxygens (including phenoxy) is 2. The Morgan fingerprint density at radius 3 is 2.15 bits per heavy atom. The monoisotopic (exact) mass is 390 g/mol. The van der Waals surface area contributed by atoms with Crippen LogP contribution in [0.25, 0.3) is 0 Å². The highest BCUT2D eigenvalue weighted by molar-refractivity contribution is 7.92. The van der Waals surface area contributed by atoms with Crippen LogP contribution in [-0.2, 0) is 10.0 Å². The van der Waals surface area contributed by atoms with Gasteiger partial charge in [-0.05, 0) is 37.1 Å². The van der Waals surface area contributed by atoms with Gasteiger partial charge in [-0.2, -0.15) is 0 Å². The van der Waals surface area contributed by atoms with Gasteiger partial charge in [-0.15, -0.1) is 0 Å². The van der Waals surface area contributed by atoms with Crippen LogP contribution in [0, 0.1) is 0 Å². The molecule has 0 saturated heterocycles.